The van der Waals surface area contributed by atoms with E-state index in [4.69, 9.17) is 15.8 Å². The van der Waals surface area contributed by atoms with Crippen LogP contribution in [0.3, 0.4) is 0 Å². The van der Waals surface area contributed by atoms with E-state index in [0.29, 0.717) is 11.4 Å². The molecule has 2 aliphatic carbocycles. The zero-order valence-electron chi connectivity index (χ0n) is 23.1. The molecule has 6 rings (SSSR count). The molecule has 0 radical (unpaired) electrons. The largest absolute Gasteiger partial charge is 0.379 e. The third kappa shape index (κ3) is 5.39. The highest BCUT2D eigenvalue weighted by Gasteiger charge is 2.67. The van der Waals surface area contributed by atoms with Gasteiger partial charge in [0.25, 0.3) is 17.7 Å². The Kier molecular flexibility index (Phi) is 8.23. The number of nitrogens with zero attached hydrogens (tertiary/aromatic N) is 2. The number of hydrogen-bond donors (Lipinski definition) is 0. The Labute approximate surface area is 275 Å². The van der Waals surface area contributed by atoms with Crippen LogP contribution in [0.1, 0.15) is 32.7 Å². The van der Waals surface area contributed by atoms with Gasteiger partial charge in [-0.05, 0) is 85.8 Å². The van der Waals surface area contributed by atoms with Gasteiger partial charge in [-0.1, -0.05) is 61.2 Å². The number of carbonyl (C=O) groups excluding carboxylic acids is 4. The zero-order chi connectivity index (χ0) is 31.5. The topological polar surface area (TPSA) is 118 Å². The number of aryl methyl sites for hydroxylation is 1. The van der Waals surface area contributed by atoms with Crippen molar-refractivity contribution in [1.82, 2.24) is 10.0 Å². The van der Waals surface area contributed by atoms with Crippen LogP contribution in [0.2, 0.25) is 5.02 Å². The molecule has 3 amide bonds. The van der Waals surface area contributed by atoms with Crippen LogP contribution in [0.15, 0.2) is 77.7 Å². The van der Waals surface area contributed by atoms with E-state index in [0.717, 1.165) is 15.6 Å². The summed E-state index contributed by atoms with van der Waals surface area (Å²) in [6.07, 6.45) is 0.713. The fraction of sp³-hybridized carbons (Fsp3) is 0.290. The monoisotopic (exact) mass is 762 g/mol. The molecule has 3 aromatic carbocycles. The minimum absolute atomic E-state index is 0.00283. The third-order valence-corrected chi connectivity index (χ3v) is 13.2. The number of imide groups is 1. The fourth-order valence-corrected chi connectivity index (χ4v) is 9.28. The van der Waals surface area contributed by atoms with Gasteiger partial charge in [-0.15, -0.1) is 0 Å². The number of carbonyl (C=O) groups is 4. The fourth-order valence-electron chi connectivity index (χ4n) is 6.35. The Balaban J connectivity index is 1.26. The second-order valence-electron chi connectivity index (χ2n) is 11.2. The Morgan fingerprint density at radius 3 is 1.93 bits per heavy atom. The molecular weight excluding hydrogens is 740 g/mol. The van der Waals surface area contributed by atoms with E-state index in [1.54, 1.807) is 12.1 Å². The van der Waals surface area contributed by atoms with Gasteiger partial charge in [0.05, 0.1) is 11.8 Å². The normalized spacial score (nSPS) is 25.7. The average molecular weight is 765 g/mol. The predicted octanol–water partition coefficient (Wildman–Crippen LogP) is 5.43. The van der Waals surface area contributed by atoms with E-state index in [-0.39, 0.29) is 43.3 Å². The lowest BCUT2D eigenvalue weighted by atomic mass is 9.81. The van der Waals surface area contributed by atoms with Crippen LogP contribution in [0.25, 0.3) is 0 Å². The van der Waals surface area contributed by atoms with E-state index < -0.39 is 52.0 Å². The second-order valence-corrected chi connectivity index (χ2v) is 15.3. The van der Waals surface area contributed by atoms with Crippen LogP contribution < -0.4 is 4.18 Å². The summed E-state index contributed by atoms with van der Waals surface area (Å²) in [5.41, 5.74) is 1.16. The summed E-state index contributed by atoms with van der Waals surface area (Å²) in [5.74, 6) is -3.64. The number of ketones is 1. The molecule has 228 valence electrons. The molecule has 3 aliphatic rings. The highest BCUT2D eigenvalue weighted by atomic mass is 79.9. The molecule has 3 aromatic rings. The van der Waals surface area contributed by atoms with Crippen LogP contribution in [-0.4, -0.2) is 58.1 Å². The number of benzene rings is 3. The van der Waals surface area contributed by atoms with E-state index in [1.807, 2.05) is 6.92 Å². The first-order valence-corrected chi connectivity index (χ1v) is 17.4. The number of Topliss-reactive ketones (excluding diaryl/α,β-unsaturated/α-hetero) is 1. The van der Waals surface area contributed by atoms with Crippen molar-refractivity contribution in [3.8, 4) is 5.75 Å². The zero-order valence-corrected chi connectivity index (χ0v) is 27.8. The molecule has 0 unspecified atom stereocenters. The van der Waals surface area contributed by atoms with Crippen molar-refractivity contribution in [3.63, 3.8) is 0 Å². The Morgan fingerprint density at radius 2 is 1.39 bits per heavy atom. The summed E-state index contributed by atoms with van der Waals surface area (Å²) in [5, 5.41) is 2.15. The summed E-state index contributed by atoms with van der Waals surface area (Å²) in [6.45, 7) is 1.23. The molecule has 0 aromatic heterocycles. The lowest BCUT2D eigenvalue weighted by Gasteiger charge is -2.31. The number of alkyl halides is 2. The van der Waals surface area contributed by atoms with E-state index >= 15 is 0 Å². The Morgan fingerprint density at radius 1 is 0.864 bits per heavy atom. The SMILES string of the molecule is Cc1ccc(S(=O)(=O)Oc2ccc(C(=O)CN(C(=O)c3ccc(Cl)cc3)N3C(=O)[C@@H]4[C@H]5C[C@@H]([C@H](Br)[C@H]5Br)[C@@H]4C3=O)cc2)cc1. The number of rotatable bonds is 8. The number of fused-ring (bicyclic) bond motifs is 5. The number of hydrogen-bond acceptors (Lipinski definition) is 7. The van der Waals surface area contributed by atoms with Gasteiger partial charge < -0.3 is 4.18 Å². The van der Waals surface area contributed by atoms with Gasteiger partial charge in [-0.3, -0.25) is 19.2 Å². The molecule has 0 N–H and O–H groups in total. The van der Waals surface area contributed by atoms with Gasteiger partial charge in [0.2, 0.25) is 0 Å². The Hall–Kier alpha value is -3.06. The van der Waals surface area contributed by atoms with Crippen LogP contribution in [0.5, 0.6) is 5.75 Å². The first kappa shape index (κ1) is 30.9. The van der Waals surface area contributed by atoms with Crippen molar-refractivity contribution >= 4 is 77.1 Å². The molecule has 1 aliphatic heterocycles. The third-order valence-electron chi connectivity index (χ3n) is 8.52. The molecule has 1 heterocycles. The smallest absolute Gasteiger partial charge is 0.339 e. The standard InChI is InChI=1S/C31H25Br2ClN2O7S/c1-16-2-12-21(13-3-16)44(41,42)43-20-10-6-17(7-11-20)24(37)15-35(29(38)18-4-8-19(34)9-5-18)36-30(39)25-22-14-23(26(25)31(36)40)28(33)27(22)32/h2-13,22-23,25-28H,14-15H2,1H3/t22-,23-,25-,26+,27+,28+/m1/s1. The van der Waals surface area contributed by atoms with Crippen molar-refractivity contribution in [2.24, 2.45) is 23.7 Å². The predicted molar refractivity (Wildman–Crippen MR) is 168 cm³/mol. The van der Waals surface area contributed by atoms with Crippen molar-refractivity contribution in [2.75, 3.05) is 6.54 Å². The maximum absolute atomic E-state index is 13.8. The van der Waals surface area contributed by atoms with Crippen LogP contribution in [-0.2, 0) is 19.7 Å². The molecule has 9 nitrogen and oxygen atoms in total. The van der Waals surface area contributed by atoms with Crippen LogP contribution in [0, 0.1) is 30.6 Å². The van der Waals surface area contributed by atoms with Gasteiger partial charge in [0.1, 0.15) is 17.2 Å². The highest BCUT2D eigenvalue weighted by molar-refractivity contribution is 9.12. The minimum Gasteiger partial charge on any atom is -0.379 e. The maximum Gasteiger partial charge on any atom is 0.339 e. The van der Waals surface area contributed by atoms with E-state index in [1.165, 1.54) is 60.7 Å². The number of amides is 3. The van der Waals surface area contributed by atoms with E-state index in [9.17, 15) is 27.6 Å². The molecule has 2 saturated carbocycles. The number of halogens is 3. The maximum atomic E-state index is 13.8. The summed E-state index contributed by atoms with van der Waals surface area (Å²) >= 11 is 13.3. The lowest BCUT2D eigenvalue weighted by Crippen LogP contribution is -2.52. The molecule has 44 heavy (non-hydrogen) atoms. The van der Waals surface area contributed by atoms with Crippen molar-refractivity contribution in [1.29, 1.82) is 0 Å². The average Bonchev–Trinajstić information content (AvgIpc) is 3.61. The molecule has 2 bridgehead atoms. The highest BCUT2D eigenvalue weighted by Crippen LogP contribution is 2.60. The molecule has 13 heteroatoms. The molecule has 3 fully saturated rings. The van der Waals surface area contributed by atoms with Gasteiger partial charge in [-0.2, -0.15) is 13.4 Å². The van der Waals surface area contributed by atoms with Crippen molar-refractivity contribution in [3.05, 3.63) is 94.5 Å². The molecule has 1 saturated heterocycles. The van der Waals surface area contributed by atoms with Crippen LogP contribution in [0.4, 0.5) is 0 Å². The van der Waals surface area contributed by atoms with E-state index in [2.05, 4.69) is 31.9 Å². The summed E-state index contributed by atoms with van der Waals surface area (Å²) in [4.78, 5) is 54.8. The Bertz CT molecular complexity index is 1740. The summed E-state index contributed by atoms with van der Waals surface area (Å²) in [6, 6.07) is 17.5. The number of hydrazine groups is 1. The van der Waals surface area contributed by atoms with Gasteiger partial charge in [0.15, 0.2) is 5.78 Å². The second kappa shape index (κ2) is 11.7. The van der Waals surface area contributed by atoms with Crippen molar-refractivity contribution in [2.45, 2.75) is 27.9 Å². The molecule has 6 atom stereocenters. The molecule has 0 spiro atoms. The van der Waals surface area contributed by atoms with Crippen molar-refractivity contribution < 1.29 is 31.8 Å². The summed E-state index contributed by atoms with van der Waals surface area (Å²) in [7, 11) is -4.11. The van der Waals surface area contributed by atoms with Gasteiger partial charge in [-0.25, -0.2) is 5.01 Å². The molecular formula is C31H25Br2ClN2O7S. The summed E-state index contributed by atoms with van der Waals surface area (Å²) < 4.78 is 30.6. The first-order valence-electron chi connectivity index (χ1n) is 13.7. The van der Waals surface area contributed by atoms with Crippen LogP contribution >= 0.6 is 43.5 Å². The first-order chi connectivity index (χ1) is 20.9. The van der Waals surface area contributed by atoms with Gasteiger partial charge >= 0.3 is 10.1 Å². The minimum atomic E-state index is -4.11. The quantitative estimate of drug-likeness (QED) is 0.130. The van der Waals surface area contributed by atoms with Gasteiger partial charge in [0, 0.05) is 25.8 Å². The lowest BCUT2D eigenvalue weighted by molar-refractivity contribution is -0.154.